The van der Waals surface area contributed by atoms with E-state index in [1.165, 1.54) is 28.1 Å². The fraction of sp³-hybridized carbons (Fsp3) is 0.500. The van der Waals surface area contributed by atoms with Crippen LogP contribution in [0.2, 0.25) is 0 Å². The molecule has 1 aliphatic rings. The van der Waals surface area contributed by atoms with E-state index in [0.29, 0.717) is 0 Å². The molecular weight excluding hydrogens is 148 g/mol. The van der Waals surface area contributed by atoms with Crippen molar-refractivity contribution in [1.29, 1.82) is 0 Å². The van der Waals surface area contributed by atoms with Gasteiger partial charge in [0.25, 0.3) is 0 Å². The van der Waals surface area contributed by atoms with Crippen molar-refractivity contribution in [2.75, 3.05) is 0 Å². The number of pyridine rings is 1. The van der Waals surface area contributed by atoms with Crippen LogP contribution in [0.15, 0.2) is 0 Å². The highest BCUT2D eigenvalue weighted by atomic mass is 14.9. The minimum Gasteiger partial charge on any atom is -0.307 e. The Balaban J connectivity index is 2.67. The Bertz CT molecular complexity index is 329. The van der Waals surface area contributed by atoms with Crippen LogP contribution in [0.3, 0.4) is 0 Å². The molecule has 2 heteroatoms. The first-order valence-corrected chi connectivity index (χ1v) is 4.36. The zero-order valence-corrected chi connectivity index (χ0v) is 7.86. The maximum Gasteiger partial charge on any atom is 0.0592 e. The molecule has 1 aliphatic heterocycles. The van der Waals surface area contributed by atoms with Crippen LogP contribution in [0.1, 0.15) is 28.1 Å². The van der Waals surface area contributed by atoms with Crippen LogP contribution in [-0.2, 0) is 13.1 Å². The fourth-order valence-electron chi connectivity index (χ4n) is 1.75. The molecule has 2 heterocycles. The largest absolute Gasteiger partial charge is 0.307 e. The Morgan fingerprint density at radius 2 is 1.83 bits per heavy atom. The summed E-state index contributed by atoms with van der Waals surface area (Å²) in [4.78, 5) is 4.55. The molecule has 0 bridgehead atoms. The lowest BCUT2D eigenvalue weighted by Crippen LogP contribution is -2.00. The molecule has 1 N–H and O–H groups in total. The predicted octanol–water partition coefficient (Wildman–Crippen LogP) is 1.61. The zero-order chi connectivity index (χ0) is 8.72. The van der Waals surface area contributed by atoms with Gasteiger partial charge in [-0.2, -0.15) is 0 Å². The van der Waals surface area contributed by atoms with E-state index in [-0.39, 0.29) is 0 Å². The number of nitrogens with zero attached hydrogens (tertiary/aromatic N) is 1. The van der Waals surface area contributed by atoms with Gasteiger partial charge in [0.15, 0.2) is 0 Å². The van der Waals surface area contributed by atoms with Gasteiger partial charge in [-0.05, 0) is 37.5 Å². The standard InChI is InChI=1S/C10H14N2/c1-6-7(2)9-4-11-5-10(9)12-8(6)3/h11H,4-5H2,1-3H3. The van der Waals surface area contributed by atoms with Crippen molar-refractivity contribution in [3.8, 4) is 0 Å². The van der Waals surface area contributed by atoms with Crippen LogP contribution in [0.4, 0.5) is 0 Å². The molecule has 12 heavy (non-hydrogen) atoms. The van der Waals surface area contributed by atoms with Crippen LogP contribution in [0, 0.1) is 20.8 Å². The van der Waals surface area contributed by atoms with E-state index >= 15 is 0 Å². The second-order valence-electron chi connectivity index (χ2n) is 3.48. The summed E-state index contributed by atoms with van der Waals surface area (Å²) in [5.41, 5.74) is 6.60. The molecule has 0 spiro atoms. The number of rotatable bonds is 0. The van der Waals surface area contributed by atoms with Gasteiger partial charge in [-0.1, -0.05) is 0 Å². The molecule has 0 unspecified atom stereocenters. The third-order valence-electron chi connectivity index (χ3n) is 2.80. The van der Waals surface area contributed by atoms with E-state index in [9.17, 15) is 0 Å². The van der Waals surface area contributed by atoms with Crippen LogP contribution in [0.25, 0.3) is 0 Å². The molecule has 64 valence electrons. The van der Waals surface area contributed by atoms with Gasteiger partial charge in [-0.15, -0.1) is 0 Å². The summed E-state index contributed by atoms with van der Waals surface area (Å²) in [6.45, 7) is 8.36. The van der Waals surface area contributed by atoms with Crippen LogP contribution in [-0.4, -0.2) is 4.98 Å². The normalized spacial score (nSPS) is 14.9. The molecule has 0 radical (unpaired) electrons. The maximum atomic E-state index is 4.55. The van der Waals surface area contributed by atoms with Crippen LogP contribution < -0.4 is 5.32 Å². The second-order valence-corrected chi connectivity index (χ2v) is 3.48. The SMILES string of the molecule is Cc1nc2c(c(C)c1C)CNC2. The summed E-state index contributed by atoms with van der Waals surface area (Å²) in [5, 5.41) is 3.32. The van der Waals surface area contributed by atoms with Gasteiger partial charge in [0, 0.05) is 18.8 Å². The molecule has 0 atom stereocenters. The molecule has 2 nitrogen and oxygen atoms in total. The lowest BCUT2D eigenvalue weighted by Gasteiger charge is -2.08. The molecule has 0 aliphatic carbocycles. The van der Waals surface area contributed by atoms with E-state index in [0.717, 1.165) is 13.1 Å². The summed E-state index contributed by atoms with van der Waals surface area (Å²) >= 11 is 0. The van der Waals surface area contributed by atoms with E-state index in [2.05, 4.69) is 31.1 Å². The molecular formula is C10H14N2. The Morgan fingerprint density at radius 1 is 1.08 bits per heavy atom. The summed E-state index contributed by atoms with van der Waals surface area (Å²) in [7, 11) is 0. The van der Waals surface area contributed by atoms with Crippen molar-refractivity contribution in [2.45, 2.75) is 33.9 Å². The monoisotopic (exact) mass is 162 g/mol. The first-order valence-electron chi connectivity index (χ1n) is 4.36. The molecule has 1 aromatic rings. The Morgan fingerprint density at radius 3 is 2.58 bits per heavy atom. The van der Waals surface area contributed by atoms with Gasteiger partial charge in [-0.25, -0.2) is 0 Å². The maximum absolute atomic E-state index is 4.55. The lowest BCUT2D eigenvalue weighted by molar-refractivity contribution is 0.756. The van der Waals surface area contributed by atoms with Gasteiger partial charge in [0.05, 0.1) is 5.69 Å². The van der Waals surface area contributed by atoms with E-state index < -0.39 is 0 Å². The average molecular weight is 162 g/mol. The van der Waals surface area contributed by atoms with Gasteiger partial charge in [0.2, 0.25) is 0 Å². The van der Waals surface area contributed by atoms with E-state index in [4.69, 9.17) is 0 Å². The lowest BCUT2D eigenvalue weighted by atomic mass is 10.0. The highest BCUT2D eigenvalue weighted by molar-refractivity contribution is 5.40. The molecule has 0 saturated heterocycles. The molecule has 0 fully saturated rings. The summed E-state index contributed by atoms with van der Waals surface area (Å²) in [5.74, 6) is 0. The van der Waals surface area contributed by atoms with Crippen molar-refractivity contribution in [2.24, 2.45) is 0 Å². The zero-order valence-electron chi connectivity index (χ0n) is 7.86. The Kier molecular flexibility index (Phi) is 1.65. The number of aryl methyl sites for hydroxylation is 1. The summed E-state index contributed by atoms with van der Waals surface area (Å²) in [6, 6.07) is 0. The van der Waals surface area contributed by atoms with E-state index in [1.807, 2.05) is 0 Å². The average Bonchev–Trinajstić information content (AvgIpc) is 2.48. The van der Waals surface area contributed by atoms with E-state index in [1.54, 1.807) is 0 Å². The van der Waals surface area contributed by atoms with Gasteiger partial charge in [0.1, 0.15) is 0 Å². The molecule has 1 aromatic heterocycles. The molecule has 0 amide bonds. The number of aromatic nitrogens is 1. The third-order valence-corrected chi connectivity index (χ3v) is 2.80. The highest BCUT2D eigenvalue weighted by Crippen LogP contribution is 2.22. The van der Waals surface area contributed by atoms with Crippen molar-refractivity contribution in [3.63, 3.8) is 0 Å². The quantitative estimate of drug-likeness (QED) is 0.627. The van der Waals surface area contributed by atoms with Crippen LogP contribution >= 0.6 is 0 Å². The highest BCUT2D eigenvalue weighted by Gasteiger charge is 2.16. The van der Waals surface area contributed by atoms with Gasteiger partial charge in [-0.3, -0.25) is 4.98 Å². The Hall–Kier alpha value is -0.890. The van der Waals surface area contributed by atoms with Crippen LogP contribution in [0.5, 0.6) is 0 Å². The number of hydrogen-bond acceptors (Lipinski definition) is 2. The van der Waals surface area contributed by atoms with Gasteiger partial charge < -0.3 is 5.32 Å². The number of nitrogens with one attached hydrogen (secondary N) is 1. The minimum atomic E-state index is 0.942. The number of hydrogen-bond donors (Lipinski definition) is 1. The summed E-state index contributed by atoms with van der Waals surface area (Å²) < 4.78 is 0. The molecule has 2 rings (SSSR count). The van der Waals surface area contributed by atoms with Crippen molar-refractivity contribution < 1.29 is 0 Å². The topological polar surface area (TPSA) is 24.9 Å². The molecule has 0 saturated carbocycles. The first-order chi connectivity index (χ1) is 5.70. The Labute approximate surface area is 73.0 Å². The van der Waals surface area contributed by atoms with Crippen molar-refractivity contribution in [1.82, 2.24) is 10.3 Å². The number of fused-ring (bicyclic) bond motifs is 1. The summed E-state index contributed by atoms with van der Waals surface area (Å²) in [6.07, 6.45) is 0. The van der Waals surface area contributed by atoms with Gasteiger partial charge >= 0.3 is 0 Å². The third kappa shape index (κ3) is 0.950. The molecule has 0 aromatic carbocycles. The van der Waals surface area contributed by atoms with Crippen molar-refractivity contribution in [3.05, 3.63) is 28.1 Å². The van der Waals surface area contributed by atoms with Crippen molar-refractivity contribution >= 4 is 0 Å². The smallest absolute Gasteiger partial charge is 0.0592 e. The predicted molar refractivity (Wildman–Crippen MR) is 49.0 cm³/mol. The first kappa shape index (κ1) is 7.74. The minimum absolute atomic E-state index is 0.942. The second kappa shape index (κ2) is 2.56. The fourth-order valence-corrected chi connectivity index (χ4v) is 1.75.